The summed E-state index contributed by atoms with van der Waals surface area (Å²) in [6.07, 6.45) is 1.17. The van der Waals surface area contributed by atoms with Gasteiger partial charge in [0.1, 0.15) is 0 Å². The molecule has 1 aromatic rings. The molecule has 18 heavy (non-hydrogen) atoms. The Morgan fingerprint density at radius 3 is 2.89 bits per heavy atom. The summed E-state index contributed by atoms with van der Waals surface area (Å²) in [6, 6.07) is 3.22. The molecule has 1 N–H and O–H groups in total. The highest BCUT2D eigenvalue weighted by molar-refractivity contribution is 5.04. The van der Waals surface area contributed by atoms with Gasteiger partial charge in [-0.15, -0.1) is 0 Å². The fourth-order valence-corrected chi connectivity index (χ4v) is 2.62. The van der Waals surface area contributed by atoms with Crippen molar-refractivity contribution in [2.24, 2.45) is 5.92 Å². The normalized spacial score (nSPS) is 25.8. The highest BCUT2D eigenvalue weighted by Gasteiger charge is 2.28. The van der Waals surface area contributed by atoms with Crippen LogP contribution in [0.5, 0.6) is 0 Å². The zero-order valence-electron chi connectivity index (χ0n) is 11.9. The number of piperazine rings is 1. The number of hydrogen-bond donors (Lipinski definition) is 1. The Morgan fingerprint density at radius 1 is 1.56 bits per heavy atom. The Balaban J connectivity index is 2.02. The molecule has 2 unspecified atom stereocenters. The maximum atomic E-state index is 5.34. The smallest absolute Gasteiger partial charge is 0.150 e. The molecule has 2 rings (SSSR count). The second-order valence-corrected chi connectivity index (χ2v) is 5.68. The lowest BCUT2D eigenvalue weighted by Crippen LogP contribution is -2.57. The van der Waals surface area contributed by atoms with Gasteiger partial charge in [0.15, 0.2) is 5.76 Å². The molecule has 4 heteroatoms. The van der Waals surface area contributed by atoms with E-state index in [1.807, 2.05) is 13.0 Å². The summed E-state index contributed by atoms with van der Waals surface area (Å²) in [7, 11) is 0. The standard InChI is InChI=1S/C14H25N3O/c1-5-12-7-15-14(10(2)3)9-17(12)8-13-6-11(4)16-18-13/h6,10,12,14-15H,5,7-9H2,1-4H3. The van der Waals surface area contributed by atoms with Crippen LogP contribution in [0.25, 0.3) is 0 Å². The van der Waals surface area contributed by atoms with Gasteiger partial charge in [-0.1, -0.05) is 25.9 Å². The number of hydrogen-bond acceptors (Lipinski definition) is 4. The number of aromatic nitrogens is 1. The Labute approximate surface area is 110 Å². The maximum Gasteiger partial charge on any atom is 0.150 e. The first-order valence-corrected chi connectivity index (χ1v) is 6.99. The first-order valence-electron chi connectivity index (χ1n) is 6.99. The number of rotatable bonds is 4. The van der Waals surface area contributed by atoms with Crippen LogP contribution in [0.1, 0.15) is 38.6 Å². The molecule has 0 saturated carbocycles. The summed E-state index contributed by atoms with van der Waals surface area (Å²) in [5.74, 6) is 1.65. The molecule has 0 amide bonds. The van der Waals surface area contributed by atoms with Crippen molar-refractivity contribution in [1.82, 2.24) is 15.4 Å². The van der Waals surface area contributed by atoms with Gasteiger partial charge in [-0.3, -0.25) is 4.90 Å². The summed E-state index contributed by atoms with van der Waals surface area (Å²) < 4.78 is 5.34. The first kappa shape index (κ1) is 13.6. The van der Waals surface area contributed by atoms with Crippen molar-refractivity contribution in [1.29, 1.82) is 0 Å². The summed E-state index contributed by atoms with van der Waals surface area (Å²) in [4.78, 5) is 2.53. The van der Waals surface area contributed by atoms with Crippen LogP contribution in [0.3, 0.4) is 0 Å². The second kappa shape index (κ2) is 5.85. The molecule has 1 aliphatic rings. The Kier molecular flexibility index (Phi) is 4.40. The van der Waals surface area contributed by atoms with E-state index in [-0.39, 0.29) is 0 Å². The van der Waals surface area contributed by atoms with Gasteiger partial charge in [0, 0.05) is 31.2 Å². The molecule has 1 fully saturated rings. The van der Waals surface area contributed by atoms with Crippen LogP contribution in [-0.4, -0.2) is 35.2 Å². The lowest BCUT2D eigenvalue weighted by Gasteiger charge is -2.41. The maximum absolute atomic E-state index is 5.34. The lowest BCUT2D eigenvalue weighted by atomic mass is 9.98. The topological polar surface area (TPSA) is 41.3 Å². The van der Waals surface area contributed by atoms with E-state index in [0.717, 1.165) is 31.1 Å². The van der Waals surface area contributed by atoms with E-state index in [9.17, 15) is 0 Å². The van der Waals surface area contributed by atoms with Crippen LogP contribution < -0.4 is 5.32 Å². The van der Waals surface area contributed by atoms with Crippen LogP contribution >= 0.6 is 0 Å². The highest BCUT2D eigenvalue weighted by Crippen LogP contribution is 2.18. The van der Waals surface area contributed by atoms with Crippen molar-refractivity contribution >= 4 is 0 Å². The lowest BCUT2D eigenvalue weighted by molar-refractivity contribution is 0.0934. The average molecular weight is 251 g/mol. The van der Waals surface area contributed by atoms with Gasteiger partial charge in [-0.25, -0.2) is 0 Å². The van der Waals surface area contributed by atoms with Gasteiger partial charge in [0.2, 0.25) is 0 Å². The van der Waals surface area contributed by atoms with Crippen molar-refractivity contribution in [2.75, 3.05) is 13.1 Å². The quantitative estimate of drug-likeness (QED) is 0.890. The summed E-state index contributed by atoms with van der Waals surface area (Å²) in [5.41, 5.74) is 0.966. The third-order valence-corrected chi connectivity index (χ3v) is 3.87. The number of aryl methyl sites for hydroxylation is 1. The monoisotopic (exact) mass is 251 g/mol. The molecule has 1 aliphatic heterocycles. The van der Waals surface area contributed by atoms with Gasteiger partial charge in [-0.2, -0.15) is 0 Å². The van der Waals surface area contributed by atoms with E-state index in [1.165, 1.54) is 6.42 Å². The van der Waals surface area contributed by atoms with Crippen LogP contribution in [0.2, 0.25) is 0 Å². The minimum atomic E-state index is 0.580. The molecule has 1 aromatic heterocycles. The van der Waals surface area contributed by atoms with Gasteiger partial charge < -0.3 is 9.84 Å². The number of nitrogens with zero attached hydrogens (tertiary/aromatic N) is 2. The van der Waals surface area contributed by atoms with Crippen molar-refractivity contribution in [3.8, 4) is 0 Å². The van der Waals surface area contributed by atoms with E-state index >= 15 is 0 Å². The van der Waals surface area contributed by atoms with E-state index in [1.54, 1.807) is 0 Å². The molecule has 0 bridgehead atoms. The van der Waals surface area contributed by atoms with Crippen LogP contribution in [0.15, 0.2) is 10.6 Å². The van der Waals surface area contributed by atoms with Crippen molar-refractivity contribution < 1.29 is 4.52 Å². The second-order valence-electron chi connectivity index (χ2n) is 5.68. The molecule has 0 spiro atoms. The summed E-state index contributed by atoms with van der Waals surface area (Å²) in [5, 5.41) is 7.62. The van der Waals surface area contributed by atoms with Crippen LogP contribution in [0.4, 0.5) is 0 Å². The van der Waals surface area contributed by atoms with E-state index in [0.29, 0.717) is 18.0 Å². The van der Waals surface area contributed by atoms with Gasteiger partial charge in [0.05, 0.1) is 12.2 Å². The minimum Gasteiger partial charge on any atom is -0.360 e. The fourth-order valence-electron chi connectivity index (χ4n) is 2.62. The largest absolute Gasteiger partial charge is 0.360 e. The fraction of sp³-hybridized carbons (Fsp3) is 0.786. The zero-order chi connectivity index (χ0) is 13.1. The van der Waals surface area contributed by atoms with Gasteiger partial charge >= 0.3 is 0 Å². The highest BCUT2D eigenvalue weighted by atomic mass is 16.5. The van der Waals surface area contributed by atoms with Crippen molar-refractivity contribution in [2.45, 2.75) is 52.7 Å². The molecular weight excluding hydrogens is 226 g/mol. The summed E-state index contributed by atoms with van der Waals surface area (Å²) >= 11 is 0. The summed E-state index contributed by atoms with van der Waals surface area (Å²) in [6.45, 7) is 11.8. The molecule has 1 saturated heterocycles. The van der Waals surface area contributed by atoms with E-state index in [4.69, 9.17) is 4.52 Å². The Bertz CT molecular complexity index is 375. The van der Waals surface area contributed by atoms with Gasteiger partial charge in [0.25, 0.3) is 0 Å². The van der Waals surface area contributed by atoms with Crippen LogP contribution in [-0.2, 0) is 6.54 Å². The molecule has 2 atom stereocenters. The molecule has 4 nitrogen and oxygen atoms in total. The Hall–Kier alpha value is -0.870. The molecule has 0 radical (unpaired) electrons. The molecule has 102 valence electrons. The SMILES string of the molecule is CCC1CNC(C(C)C)CN1Cc1cc(C)no1. The van der Waals surface area contributed by atoms with E-state index < -0.39 is 0 Å². The van der Waals surface area contributed by atoms with Crippen molar-refractivity contribution in [3.05, 3.63) is 17.5 Å². The Morgan fingerprint density at radius 2 is 2.33 bits per heavy atom. The zero-order valence-corrected chi connectivity index (χ0v) is 11.9. The molecule has 2 heterocycles. The molecular formula is C14H25N3O. The molecule has 0 aliphatic carbocycles. The minimum absolute atomic E-state index is 0.580. The van der Waals surface area contributed by atoms with E-state index in [2.05, 4.69) is 36.1 Å². The predicted octanol–water partition coefficient (Wildman–Crippen LogP) is 2.19. The predicted molar refractivity (Wildman–Crippen MR) is 72.4 cm³/mol. The third-order valence-electron chi connectivity index (χ3n) is 3.87. The van der Waals surface area contributed by atoms with Gasteiger partial charge in [-0.05, 0) is 19.3 Å². The van der Waals surface area contributed by atoms with Crippen LogP contribution in [0, 0.1) is 12.8 Å². The first-order chi connectivity index (χ1) is 8.60. The third kappa shape index (κ3) is 3.12. The number of nitrogens with one attached hydrogen (secondary N) is 1. The van der Waals surface area contributed by atoms with Crippen molar-refractivity contribution in [3.63, 3.8) is 0 Å². The average Bonchev–Trinajstić information content (AvgIpc) is 2.74. The molecule has 0 aromatic carbocycles.